The zero-order valence-electron chi connectivity index (χ0n) is 14.4. The van der Waals surface area contributed by atoms with Gasteiger partial charge in [0.2, 0.25) is 6.41 Å². The molecule has 0 aromatic rings. The summed E-state index contributed by atoms with van der Waals surface area (Å²) >= 11 is 22.1. The van der Waals surface area contributed by atoms with Crippen LogP contribution in [0.2, 0.25) is 0 Å². The first-order valence-corrected chi connectivity index (χ1v) is 9.56. The van der Waals surface area contributed by atoms with Crippen molar-refractivity contribution in [1.82, 2.24) is 5.32 Å². The average Bonchev–Trinajstić information content (AvgIpc) is 2.59. The standard InChI is InChI=1S/C18H21Cl4NO3/c1-26-18(25)14(9-5-4-8-12-17(21)22)15(23-13-24)10-6-2-3-7-11-16(19)20/h12-16H,2,5-6,9-11H2,1H3,(H,23,24)/t14-,15-/m1/s1. The summed E-state index contributed by atoms with van der Waals surface area (Å²) < 4.78 is 4.92. The molecule has 26 heavy (non-hydrogen) atoms. The van der Waals surface area contributed by atoms with E-state index in [4.69, 9.17) is 51.1 Å². The third-order valence-corrected chi connectivity index (χ3v) is 3.86. The summed E-state index contributed by atoms with van der Waals surface area (Å²) in [5.74, 6) is 10.5. The molecule has 8 heteroatoms. The number of rotatable bonds is 10. The lowest BCUT2D eigenvalue weighted by atomic mass is 9.91. The first-order valence-electron chi connectivity index (χ1n) is 7.93. The number of hydrogen-bond donors (Lipinski definition) is 1. The zero-order valence-corrected chi connectivity index (χ0v) is 17.4. The number of methoxy groups -OCH3 is 1. The molecule has 0 radical (unpaired) electrons. The Hall–Kier alpha value is -1.04. The van der Waals surface area contributed by atoms with Crippen molar-refractivity contribution in [2.45, 2.75) is 49.4 Å². The summed E-state index contributed by atoms with van der Waals surface area (Å²) in [6.07, 6.45) is 5.12. The van der Waals surface area contributed by atoms with E-state index in [-0.39, 0.29) is 10.5 Å². The van der Waals surface area contributed by atoms with Gasteiger partial charge in [0.05, 0.1) is 13.0 Å². The Morgan fingerprint density at radius 1 is 1.15 bits per heavy atom. The van der Waals surface area contributed by atoms with Crippen molar-refractivity contribution in [3.8, 4) is 23.7 Å². The minimum atomic E-state index is -0.502. The molecule has 0 aliphatic carbocycles. The number of allylic oxidation sites excluding steroid dienone is 1. The van der Waals surface area contributed by atoms with Crippen LogP contribution in [0.3, 0.4) is 0 Å². The summed E-state index contributed by atoms with van der Waals surface area (Å²) in [4.78, 5) is 22.5. The van der Waals surface area contributed by atoms with Crippen LogP contribution >= 0.6 is 46.4 Å². The third-order valence-electron chi connectivity index (χ3n) is 3.33. The van der Waals surface area contributed by atoms with Crippen LogP contribution in [0.15, 0.2) is 10.6 Å². The Morgan fingerprint density at radius 2 is 1.88 bits per heavy atom. The van der Waals surface area contributed by atoms with E-state index in [2.05, 4.69) is 29.0 Å². The van der Waals surface area contributed by atoms with Crippen molar-refractivity contribution >= 4 is 58.8 Å². The monoisotopic (exact) mass is 439 g/mol. The number of unbranched alkanes of at least 4 members (excludes halogenated alkanes) is 1. The van der Waals surface area contributed by atoms with Gasteiger partial charge in [0.25, 0.3) is 0 Å². The van der Waals surface area contributed by atoms with Crippen LogP contribution in [0.4, 0.5) is 0 Å². The number of esters is 1. The van der Waals surface area contributed by atoms with Gasteiger partial charge in [-0.25, -0.2) is 0 Å². The quantitative estimate of drug-likeness (QED) is 0.180. The maximum atomic E-state index is 12.1. The van der Waals surface area contributed by atoms with Crippen molar-refractivity contribution in [2.75, 3.05) is 7.11 Å². The molecule has 0 saturated heterocycles. The molecular weight excluding hydrogens is 420 g/mol. The minimum Gasteiger partial charge on any atom is -0.469 e. The maximum absolute atomic E-state index is 12.1. The minimum absolute atomic E-state index is 0.0679. The molecule has 0 aromatic heterocycles. The highest BCUT2D eigenvalue weighted by molar-refractivity contribution is 6.56. The predicted octanol–water partition coefficient (Wildman–Crippen LogP) is 4.36. The smallest absolute Gasteiger partial charge is 0.310 e. The summed E-state index contributed by atoms with van der Waals surface area (Å²) in [5, 5.41) is 2.69. The zero-order chi connectivity index (χ0) is 19.8. The molecule has 1 N–H and O–H groups in total. The van der Waals surface area contributed by atoms with Gasteiger partial charge in [-0.15, -0.1) is 35.0 Å². The van der Waals surface area contributed by atoms with Crippen molar-refractivity contribution in [1.29, 1.82) is 0 Å². The van der Waals surface area contributed by atoms with Gasteiger partial charge in [0.15, 0.2) is 0 Å². The molecule has 0 fully saturated rings. The summed E-state index contributed by atoms with van der Waals surface area (Å²) in [6, 6.07) is -0.357. The highest BCUT2D eigenvalue weighted by Gasteiger charge is 2.28. The van der Waals surface area contributed by atoms with Crippen LogP contribution in [0.1, 0.15) is 38.5 Å². The Labute approximate surface area is 174 Å². The number of amides is 1. The fraction of sp³-hybridized carbons (Fsp3) is 0.556. The second kappa shape index (κ2) is 16.2. The fourth-order valence-electron chi connectivity index (χ4n) is 2.18. The summed E-state index contributed by atoms with van der Waals surface area (Å²) in [7, 11) is 1.31. The third kappa shape index (κ3) is 13.2. The molecule has 0 rings (SSSR count). The molecular formula is C18H21Cl4NO3. The van der Waals surface area contributed by atoms with Gasteiger partial charge < -0.3 is 10.1 Å². The number of carbonyl (C=O) groups excluding carboxylic acids is 2. The molecule has 0 saturated carbocycles. The highest BCUT2D eigenvalue weighted by atomic mass is 35.5. The lowest BCUT2D eigenvalue weighted by molar-refractivity contribution is -0.146. The van der Waals surface area contributed by atoms with E-state index < -0.39 is 16.7 Å². The first-order chi connectivity index (χ1) is 12.4. The number of carbonyl (C=O) groups is 2. The molecule has 0 aliphatic rings. The predicted molar refractivity (Wildman–Crippen MR) is 107 cm³/mol. The second-order valence-electron chi connectivity index (χ2n) is 5.16. The topological polar surface area (TPSA) is 55.4 Å². The molecule has 0 aromatic carbocycles. The van der Waals surface area contributed by atoms with Crippen molar-refractivity contribution in [3.05, 3.63) is 10.6 Å². The maximum Gasteiger partial charge on any atom is 0.310 e. The molecule has 4 nitrogen and oxygen atoms in total. The van der Waals surface area contributed by atoms with E-state index in [9.17, 15) is 9.59 Å². The van der Waals surface area contributed by atoms with Crippen molar-refractivity contribution in [3.63, 3.8) is 0 Å². The van der Waals surface area contributed by atoms with Gasteiger partial charge in [0, 0.05) is 31.4 Å². The van der Waals surface area contributed by atoms with E-state index in [0.29, 0.717) is 44.9 Å². The van der Waals surface area contributed by atoms with E-state index >= 15 is 0 Å². The van der Waals surface area contributed by atoms with Crippen LogP contribution in [-0.4, -0.2) is 30.4 Å². The molecule has 144 valence electrons. The van der Waals surface area contributed by atoms with Crippen molar-refractivity contribution < 1.29 is 14.3 Å². The number of alkyl halides is 2. The largest absolute Gasteiger partial charge is 0.469 e. The molecule has 0 heterocycles. The van der Waals surface area contributed by atoms with Crippen LogP contribution in [0.5, 0.6) is 0 Å². The molecule has 2 atom stereocenters. The van der Waals surface area contributed by atoms with Gasteiger partial charge in [-0.3, -0.25) is 9.59 Å². The lowest BCUT2D eigenvalue weighted by Gasteiger charge is -2.24. The van der Waals surface area contributed by atoms with Gasteiger partial charge in [-0.05, 0) is 19.3 Å². The van der Waals surface area contributed by atoms with Crippen LogP contribution in [0.25, 0.3) is 0 Å². The SMILES string of the molecule is COC(=O)[C@H](CCC#CC=C(Cl)Cl)[C@@H](CCCC#CCC(Cl)Cl)NC=O. The molecule has 1 amide bonds. The normalized spacial score (nSPS) is 11.9. The van der Waals surface area contributed by atoms with Gasteiger partial charge in [-0.2, -0.15) is 0 Å². The number of hydrogen-bond acceptors (Lipinski definition) is 3. The van der Waals surface area contributed by atoms with Crippen LogP contribution < -0.4 is 5.32 Å². The van der Waals surface area contributed by atoms with E-state index in [1.54, 1.807) is 0 Å². The van der Waals surface area contributed by atoms with E-state index in [1.165, 1.54) is 13.2 Å². The fourth-order valence-corrected chi connectivity index (χ4v) is 2.44. The van der Waals surface area contributed by atoms with Gasteiger partial charge in [0.1, 0.15) is 9.33 Å². The van der Waals surface area contributed by atoms with E-state index in [0.717, 1.165) is 0 Å². The number of halogens is 4. The lowest BCUT2D eigenvalue weighted by Crippen LogP contribution is -2.40. The Morgan fingerprint density at radius 3 is 2.46 bits per heavy atom. The molecule has 0 aliphatic heterocycles. The Bertz CT molecular complexity index is 581. The Balaban J connectivity index is 4.74. The van der Waals surface area contributed by atoms with Crippen LogP contribution in [-0.2, 0) is 14.3 Å². The van der Waals surface area contributed by atoms with Gasteiger partial charge in [-0.1, -0.05) is 35.0 Å². The van der Waals surface area contributed by atoms with Crippen molar-refractivity contribution in [2.24, 2.45) is 5.92 Å². The number of ether oxygens (including phenoxy) is 1. The molecule has 0 spiro atoms. The molecule has 0 unspecified atom stereocenters. The summed E-state index contributed by atoms with van der Waals surface area (Å²) in [6.45, 7) is 0. The Kier molecular flexibility index (Phi) is 15.5. The summed E-state index contributed by atoms with van der Waals surface area (Å²) in [5.41, 5.74) is 0. The first kappa shape index (κ1) is 25.0. The highest BCUT2D eigenvalue weighted by Crippen LogP contribution is 2.18. The van der Waals surface area contributed by atoms with Gasteiger partial charge >= 0.3 is 5.97 Å². The molecule has 0 bridgehead atoms. The number of nitrogens with one attached hydrogen (secondary N) is 1. The second-order valence-corrected chi connectivity index (χ2v) is 7.44. The van der Waals surface area contributed by atoms with E-state index in [1.807, 2.05) is 0 Å². The van der Waals surface area contributed by atoms with Crippen LogP contribution in [0, 0.1) is 29.6 Å². The average molecular weight is 441 g/mol.